The van der Waals surface area contributed by atoms with Crippen LogP contribution in [0.15, 0.2) is 48.8 Å². The average molecular weight is 398 g/mol. The van der Waals surface area contributed by atoms with Gasteiger partial charge in [-0.15, -0.1) is 0 Å². The molecule has 8 heteroatoms. The number of hydrogen-bond acceptors (Lipinski definition) is 4. The summed E-state index contributed by atoms with van der Waals surface area (Å²) in [4.78, 5) is 27.8. The molecule has 0 saturated carbocycles. The number of aromatic nitrogens is 4. The van der Waals surface area contributed by atoms with E-state index in [1.165, 1.54) is 6.92 Å². The molecule has 0 aliphatic carbocycles. The number of carbonyl (C=O) groups excluding carboxylic acids is 1. The van der Waals surface area contributed by atoms with Gasteiger partial charge in [-0.3, -0.25) is 9.78 Å². The fourth-order valence-electron chi connectivity index (χ4n) is 2.90. The van der Waals surface area contributed by atoms with Crippen molar-refractivity contribution >= 4 is 46.0 Å². The Bertz CT molecular complexity index is 1170. The summed E-state index contributed by atoms with van der Waals surface area (Å²) in [6, 6.07) is 10.8. The van der Waals surface area contributed by atoms with Crippen molar-refractivity contribution in [2.45, 2.75) is 6.92 Å². The Morgan fingerprint density at radius 2 is 2.00 bits per heavy atom. The van der Waals surface area contributed by atoms with E-state index in [2.05, 4.69) is 25.3 Å². The average Bonchev–Trinajstić information content (AvgIpc) is 3.00. The second kappa shape index (κ2) is 6.98. The van der Waals surface area contributed by atoms with Crippen LogP contribution < -0.4 is 5.32 Å². The summed E-state index contributed by atoms with van der Waals surface area (Å²) in [5, 5.41) is 3.60. The van der Waals surface area contributed by atoms with Crippen LogP contribution in [-0.2, 0) is 4.79 Å². The number of fused-ring (bicyclic) bond motifs is 1. The monoisotopic (exact) mass is 397 g/mol. The molecule has 0 radical (unpaired) electrons. The smallest absolute Gasteiger partial charge is 0.222 e. The maximum atomic E-state index is 11.4. The number of halogens is 2. The number of nitrogens with zero attached hydrogens (tertiary/aromatic N) is 3. The summed E-state index contributed by atoms with van der Waals surface area (Å²) in [7, 11) is 0. The third-order valence-corrected chi connectivity index (χ3v) is 4.34. The van der Waals surface area contributed by atoms with Crippen molar-refractivity contribution < 1.29 is 4.79 Å². The van der Waals surface area contributed by atoms with Gasteiger partial charge < -0.3 is 10.3 Å². The molecule has 134 valence electrons. The Morgan fingerprint density at radius 1 is 1.15 bits per heavy atom. The van der Waals surface area contributed by atoms with E-state index in [-0.39, 0.29) is 5.91 Å². The van der Waals surface area contributed by atoms with Crippen LogP contribution in [0.2, 0.25) is 10.2 Å². The normalized spacial score (nSPS) is 10.9. The topological polar surface area (TPSA) is 83.6 Å². The van der Waals surface area contributed by atoms with Crippen molar-refractivity contribution in [2.24, 2.45) is 0 Å². The Balaban J connectivity index is 1.97. The lowest BCUT2D eigenvalue weighted by atomic mass is 10.0. The molecule has 1 amide bonds. The molecule has 0 bridgehead atoms. The van der Waals surface area contributed by atoms with E-state index < -0.39 is 0 Å². The largest absolute Gasteiger partial charge is 0.353 e. The molecule has 0 fully saturated rings. The SMILES string of the molecule is CC(=O)Nc1cc(-c2[nH]c3cc(Cl)cnc3c2-c2cccc(Cl)n2)ccn1. The van der Waals surface area contributed by atoms with Crippen LogP contribution >= 0.6 is 23.2 Å². The first-order valence-corrected chi connectivity index (χ1v) is 8.81. The molecule has 4 aromatic rings. The molecule has 0 saturated heterocycles. The zero-order chi connectivity index (χ0) is 19.0. The number of pyridine rings is 3. The molecule has 0 aliphatic heterocycles. The molecular formula is C19H13Cl2N5O. The van der Waals surface area contributed by atoms with Gasteiger partial charge in [0.1, 0.15) is 11.0 Å². The molecule has 27 heavy (non-hydrogen) atoms. The number of H-pyrrole nitrogens is 1. The van der Waals surface area contributed by atoms with Gasteiger partial charge in [0, 0.05) is 24.9 Å². The minimum atomic E-state index is -0.193. The molecule has 4 heterocycles. The van der Waals surface area contributed by atoms with E-state index in [4.69, 9.17) is 23.2 Å². The van der Waals surface area contributed by atoms with Gasteiger partial charge in [0.15, 0.2) is 0 Å². The van der Waals surface area contributed by atoms with Crippen molar-refractivity contribution in [2.75, 3.05) is 5.32 Å². The van der Waals surface area contributed by atoms with Crippen molar-refractivity contribution in [3.05, 3.63) is 59.0 Å². The molecule has 0 unspecified atom stereocenters. The van der Waals surface area contributed by atoms with Gasteiger partial charge in [0.05, 0.1) is 33.0 Å². The van der Waals surface area contributed by atoms with Crippen LogP contribution in [0.25, 0.3) is 33.5 Å². The van der Waals surface area contributed by atoms with Crippen molar-refractivity contribution in [1.82, 2.24) is 19.9 Å². The van der Waals surface area contributed by atoms with E-state index in [1.54, 1.807) is 30.6 Å². The first-order chi connectivity index (χ1) is 13.0. The van der Waals surface area contributed by atoms with Gasteiger partial charge in [-0.1, -0.05) is 29.3 Å². The summed E-state index contributed by atoms with van der Waals surface area (Å²) >= 11 is 12.2. The van der Waals surface area contributed by atoms with Gasteiger partial charge >= 0.3 is 0 Å². The van der Waals surface area contributed by atoms with Gasteiger partial charge in [-0.25, -0.2) is 9.97 Å². The summed E-state index contributed by atoms with van der Waals surface area (Å²) in [5.74, 6) is 0.260. The molecule has 6 nitrogen and oxygen atoms in total. The number of amides is 1. The second-order valence-electron chi connectivity index (χ2n) is 5.88. The number of anilines is 1. The maximum absolute atomic E-state index is 11.4. The van der Waals surface area contributed by atoms with Gasteiger partial charge in [0.25, 0.3) is 0 Å². The van der Waals surface area contributed by atoms with Crippen molar-refractivity contribution in [3.63, 3.8) is 0 Å². The highest BCUT2D eigenvalue weighted by atomic mass is 35.5. The van der Waals surface area contributed by atoms with Crippen LogP contribution in [-0.4, -0.2) is 25.8 Å². The molecule has 0 atom stereocenters. The molecule has 4 rings (SSSR count). The highest BCUT2D eigenvalue weighted by molar-refractivity contribution is 6.31. The Morgan fingerprint density at radius 3 is 2.78 bits per heavy atom. The predicted molar refractivity (Wildman–Crippen MR) is 107 cm³/mol. The second-order valence-corrected chi connectivity index (χ2v) is 6.70. The van der Waals surface area contributed by atoms with Crippen LogP contribution in [0.1, 0.15) is 6.92 Å². The Labute approximate surface area is 164 Å². The van der Waals surface area contributed by atoms with Crippen LogP contribution in [0.4, 0.5) is 5.82 Å². The number of carbonyl (C=O) groups is 1. The van der Waals surface area contributed by atoms with Gasteiger partial charge in [-0.2, -0.15) is 0 Å². The molecular weight excluding hydrogens is 385 g/mol. The van der Waals surface area contributed by atoms with Crippen molar-refractivity contribution in [1.29, 1.82) is 0 Å². The van der Waals surface area contributed by atoms with Gasteiger partial charge in [0.2, 0.25) is 5.91 Å². The van der Waals surface area contributed by atoms with Crippen LogP contribution in [0.5, 0.6) is 0 Å². The summed E-state index contributed by atoms with van der Waals surface area (Å²) in [6.07, 6.45) is 3.21. The number of nitrogens with one attached hydrogen (secondary N) is 2. The first-order valence-electron chi connectivity index (χ1n) is 8.05. The number of aromatic amines is 1. The molecule has 0 spiro atoms. The zero-order valence-electron chi connectivity index (χ0n) is 14.1. The van der Waals surface area contributed by atoms with E-state index >= 15 is 0 Å². The van der Waals surface area contributed by atoms with E-state index in [9.17, 15) is 4.79 Å². The fourth-order valence-corrected chi connectivity index (χ4v) is 3.22. The quantitative estimate of drug-likeness (QED) is 0.478. The standard InChI is InChI=1S/C19H13Cl2N5O/c1-10(27)24-16-7-11(5-6-22-16)18-17(13-3-2-4-15(21)25-13)19-14(26-18)8-12(20)9-23-19/h2-9,26H,1H3,(H,22,24,27). The first kappa shape index (κ1) is 17.5. The number of rotatable bonds is 3. The Hall–Kier alpha value is -2.96. The third-order valence-electron chi connectivity index (χ3n) is 3.92. The highest BCUT2D eigenvalue weighted by Crippen LogP contribution is 2.37. The highest BCUT2D eigenvalue weighted by Gasteiger charge is 2.18. The minimum absolute atomic E-state index is 0.193. The van der Waals surface area contributed by atoms with Crippen LogP contribution in [0, 0.1) is 0 Å². The van der Waals surface area contributed by atoms with E-state index in [0.717, 1.165) is 27.9 Å². The number of hydrogen-bond donors (Lipinski definition) is 2. The lowest BCUT2D eigenvalue weighted by Gasteiger charge is -2.07. The van der Waals surface area contributed by atoms with E-state index in [0.29, 0.717) is 21.7 Å². The zero-order valence-corrected chi connectivity index (χ0v) is 15.6. The predicted octanol–water partition coefficient (Wildman–Crippen LogP) is 4.95. The van der Waals surface area contributed by atoms with E-state index in [1.807, 2.05) is 18.2 Å². The lowest BCUT2D eigenvalue weighted by molar-refractivity contribution is -0.114. The summed E-state index contributed by atoms with van der Waals surface area (Å²) < 4.78 is 0. The maximum Gasteiger partial charge on any atom is 0.222 e. The molecule has 0 aromatic carbocycles. The molecule has 4 aromatic heterocycles. The third kappa shape index (κ3) is 3.49. The fraction of sp³-hybridized carbons (Fsp3) is 0.0526. The summed E-state index contributed by atoms with van der Waals surface area (Å²) in [5.41, 5.74) is 4.57. The van der Waals surface area contributed by atoms with Crippen molar-refractivity contribution in [3.8, 4) is 22.5 Å². The lowest BCUT2D eigenvalue weighted by Crippen LogP contribution is -2.07. The molecule has 0 aliphatic rings. The molecule has 2 N–H and O–H groups in total. The van der Waals surface area contributed by atoms with Crippen LogP contribution in [0.3, 0.4) is 0 Å². The minimum Gasteiger partial charge on any atom is -0.353 e. The van der Waals surface area contributed by atoms with Gasteiger partial charge in [-0.05, 0) is 30.3 Å². The Kier molecular flexibility index (Phi) is 4.51. The summed E-state index contributed by atoms with van der Waals surface area (Å²) in [6.45, 7) is 1.44.